The summed E-state index contributed by atoms with van der Waals surface area (Å²) < 4.78 is 29.1. The Morgan fingerprint density at radius 1 is 0.947 bits per heavy atom. The molecule has 2 rings (SSSR count). The van der Waals surface area contributed by atoms with Gasteiger partial charge in [-0.3, -0.25) is 0 Å². The third-order valence-electron chi connectivity index (χ3n) is 2.44. The van der Waals surface area contributed by atoms with Gasteiger partial charge in [-0.15, -0.1) is 0 Å². The topological polar surface area (TPSA) is 90.1 Å². The van der Waals surface area contributed by atoms with Crippen LogP contribution < -0.4 is 4.35 Å². The molecule has 6 heteroatoms. The van der Waals surface area contributed by atoms with Crippen LogP contribution in [-0.4, -0.2) is 33.7 Å². The van der Waals surface area contributed by atoms with Crippen LogP contribution in [0.3, 0.4) is 0 Å². The molecule has 0 aliphatic heterocycles. The molecular formula is C13H12AsNO4. The van der Waals surface area contributed by atoms with Gasteiger partial charge in [0.15, 0.2) is 0 Å². The zero-order valence-electron chi connectivity index (χ0n) is 9.84. The van der Waals surface area contributed by atoms with Gasteiger partial charge in [0.2, 0.25) is 0 Å². The van der Waals surface area contributed by atoms with Crippen LogP contribution in [0.25, 0.3) is 0 Å². The van der Waals surface area contributed by atoms with Gasteiger partial charge < -0.3 is 0 Å². The summed E-state index contributed by atoms with van der Waals surface area (Å²) in [6.07, 6.45) is 1.61. The van der Waals surface area contributed by atoms with E-state index < -0.39 is 14.2 Å². The number of phenolic OH excluding ortho intramolecular Hbond substituents is 1. The predicted molar refractivity (Wildman–Crippen MR) is 72.3 cm³/mol. The Bertz CT molecular complexity index is 629. The standard InChI is InChI=1S/C13H12AsNO4/c16-13-7-1-10(2-8-13)9-15-12-5-3-11(4-6-12)14(17,18)19/h1-9,16H,(H2,17,18,19). The second kappa shape index (κ2) is 5.45. The summed E-state index contributed by atoms with van der Waals surface area (Å²) in [5.74, 6) is 0.185. The zero-order chi connectivity index (χ0) is 13.9. The monoisotopic (exact) mass is 321 g/mol. The second-order valence-corrected chi connectivity index (χ2v) is 7.28. The Morgan fingerprint density at radius 2 is 1.53 bits per heavy atom. The molecule has 0 aromatic heterocycles. The van der Waals surface area contributed by atoms with Gasteiger partial charge in [-0.05, 0) is 0 Å². The molecule has 5 nitrogen and oxygen atoms in total. The van der Waals surface area contributed by atoms with Crippen molar-refractivity contribution in [1.29, 1.82) is 0 Å². The summed E-state index contributed by atoms with van der Waals surface area (Å²) in [7, 11) is 0. The molecule has 0 fully saturated rings. The number of phenols is 1. The number of benzene rings is 2. The Morgan fingerprint density at radius 3 is 2.05 bits per heavy atom. The molecule has 2 aromatic rings. The number of hydrogen-bond donors (Lipinski definition) is 3. The quantitative estimate of drug-likeness (QED) is 0.573. The number of aromatic hydroxyl groups is 1. The third-order valence-corrected chi connectivity index (χ3v) is 4.48. The number of hydrogen-bond acceptors (Lipinski definition) is 3. The molecule has 2 aromatic carbocycles. The first kappa shape index (κ1) is 13.6. The molecule has 0 saturated heterocycles. The molecule has 0 radical (unpaired) electrons. The molecule has 0 spiro atoms. The maximum absolute atomic E-state index is 11.0. The minimum absolute atomic E-state index is 0.0294. The van der Waals surface area contributed by atoms with Crippen molar-refractivity contribution < 1.29 is 17.0 Å². The van der Waals surface area contributed by atoms with Crippen LogP contribution in [-0.2, 0) is 3.74 Å². The number of rotatable bonds is 3. The average Bonchev–Trinajstić information content (AvgIpc) is 2.37. The summed E-state index contributed by atoms with van der Waals surface area (Å²) in [6.45, 7) is 0. The predicted octanol–water partition coefficient (Wildman–Crippen LogP) is 0.704. The van der Waals surface area contributed by atoms with Crippen molar-refractivity contribution in [3.63, 3.8) is 0 Å². The van der Waals surface area contributed by atoms with Crippen molar-refractivity contribution in [2.45, 2.75) is 0 Å². The first-order valence-electron chi connectivity index (χ1n) is 5.44. The van der Waals surface area contributed by atoms with Crippen molar-refractivity contribution >= 4 is 30.4 Å². The van der Waals surface area contributed by atoms with E-state index in [2.05, 4.69) is 4.99 Å². The summed E-state index contributed by atoms with van der Waals surface area (Å²) in [4.78, 5) is 4.18. The zero-order valence-corrected chi connectivity index (χ0v) is 11.7. The maximum atomic E-state index is 11.0. The van der Waals surface area contributed by atoms with E-state index in [4.69, 9.17) is 13.3 Å². The van der Waals surface area contributed by atoms with Crippen molar-refractivity contribution in [2.24, 2.45) is 4.99 Å². The summed E-state index contributed by atoms with van der Waals surface area (Å²) >= 11 is -4.81. The fourth-order valence-electron chi connectivity index (χ4n) is 1.44. The van der Waals surface area contributed by atoms with Crippen LogP contribution in [0.1, 0.15) is 5.56 Å². The van der Waals surface area contributed by atoms with Gasteiger partial charge in [0.25, 0.3) is 0 Å². The van der Waals surface area contributed by atoms with Gasteiger partial charge in [0.1, 0.15) is 0 Å². The summed E-state index contributed by atoms with van der Waals surface area (Å²) in [5, 5.41) is 9.13. The van der Waals surface area contributed by atoms with Crippen LogP contribution in [0, 0.1) is 0 Å². The van der Waals surface area contributed by atoms with Gasteiger partial charge in [-0.2, -0.15) is 0 Å². The Balaban J connectivity index is 2.15. The van der Waals surface area contributed by atoms with Crippen LogP contribution in [0.5, 0.6) is 5.75 Å². The molecule has 3 N–H and O–H groups in total. The Hall–Kier alpha value is -1.81. The molecule has 0 unspecified atom stereocenters. The fourth-order valence-corrected chi connectivity index (χ4v) is 2.57. The molecule has 0 amide bonds. The molecule has 0 aliphatic rings. The number of nitrogens with zero attached hydrogens (tertiary/aromatic N) is 1. The van der Waals surface area contributed by atoms with Crippen LogP contribution in [0.15, 0.2) is 53.5 Å². The van der Waals surface area contributed by atoms with Crippen molar-refractivity contribution in [2.75, 3.05) is 0 Å². The van der Waals surface area contributed by atoms with Gasteiger partial charge >= 0.3 is 112 Å². The average molecular weight is 321 g/mol. The molecule has 0 heterocycles. The second-order valence-electron chi connectivity index (χ2n) is 3.91. The van der Waals surface area contributed by atoms with Gasteiger partial charge in [0.05, 0.1) is 0 Å². The van der Waals surface area contributed by atoms with E-state index >= 15 is 0 Å². The summed E-state index contributed by atoms with van der Waals surface area (Å²) in [5.41, 5.74) is 1.42. The van der Waals surface area contributed by atoms with Gasteiger partial charge in [0, 0.05) is 0 Å². The van der Waals surface area contributed by atoms with E-state index in [-0.39, 0.29) is 10.1 Å². The normalized spacial score (nSPS) is 11.9. The van der Waals surface area contributed by atoms with Crippen molar-refractivity contribution in [1.82, 2.24) is 0 Å². The first-order chi connectivity index (χ1) is 8.95. The minimum atomic E-state index is -4.81. The van der Waals surface area contributed by atoms with Crippen molar-refractivity contribution in [3.05, 3.63) is 54.1 Å². The van der Waals surface area contributed by atoms with E-state index in [1.54, 1.807) is 42.6 Å². The van der Waals surface area contributed by atoms with Crippen LogP contribution in [0.2, 0.25) is 0 Å². The van der Waals surface area contributed by atoms with Crippen molar-refractivity contribution in [3.8, 4) is 5.75 Å². The SMILES string of the molecule is O=[As](O)(O)c1ccc(N=Cc2ccc(O)cc2)cc1. The van der Waals surface area contributed by atoms with E-state index in [0.29, 0.717) is 5.69 Å². The third kappa shape index (κ3) is 3.83. The number of aliphatic imine (C=N–C) groups is 1. The Labute approximate surface area is 112 Å². The first-order valence-corrected chi connectivity index (χ1v) is 8.83. The molecule has 0 atom stereocenters. The van der Waals surface area contributed by atoms with E-state index in [0.717, 1.165) is 5.56 Å². The van der Waals surface area contributed by atoms with Gasteiger partial charge in [-0.25, -0.2) is 0 Å². The van der Waals surface area contributed by atoms with E-state index in [9.17, 15) is 3.74 Å². The molecular weight excluding hydrogens is 309 g/mol. The summed E-state index contributed by atoms with van der Waals surface area (Å²) in [6, 6.07) is 12.4. The molecule has 19 heavy (non-hydrogen) atoms. The molecule has 98 valence electrons. The molecule has 0 bridgehead atoms. The fraction of sp³-hybridized carbons (Fsp3) is 0. The van der Waals surface area contributed by atoms with Crippen LogP contribution in [0.4, 0.5) is 5.69 Å². The Kier molecular flexibility index (Phi) is 3.90. The van der Waals surface area contributed by atoms with E-state index in [1.165, 1.54) is 12.1 Å². The van der Waals surface area contributed by atoms with E-state index in [1.807, 2.05) is 0 Å². The molecule has 0 saturated carbocycles. The molecule has 0 aliphatic carbocycles. The van der Waals surface area contributed by atoms with Gasteiger partial charge in [-0.1, -0.05) is 0 Å². The van der Waals surface area contributed by atoms with Crippen LogP contribution >= 0.6 is 0 Å².